The van der Waals surface area contributed by atoms with Crippen LogP contribution in [0.15, 0.2) is 10.6 Å². The molecule has 0 spiro atoms. The Morgan fingerprint density at radius 1 is 1.32 bits per heavy atom. The van der Waals surface area contributed by atoms with Gasteiger partial charge in [0.25, 0.3) is 5.91 Å². The third-order valence-corrected chi connectivity index (χ3v) is 4.14. The van der Waals surface area contributed by atoms with Crippen molar-refractivity contribution in [2.45, 2.75) is 40.7 Å². The summed E-state index contributed by atoms with van der Waals surface area (Å²) in [7, 11) is 0. The molecule has 1 amide bonds. The molecule has 1 N–H and O–H groups in total. The molecule has 6 nitrogen and oxygen atoms in total. The summed E-state index contributed by atoms with van der Waals surface area (Å²) in [6, 6.07) is 1.54. The highest BCUT2D eigenvalue weighted by atomic mass is 32.1. The molecule has 0 atom stereocenters. The normalized spacial score (nSPS) is 10.8. The van der Waals surface area contributed by atoms with Crippen LogP contribution in [-0.2, 0) is 4.74 Å². The Labute approximate surface area is 132 Å². The summed E-state index contributed by atoms with van der Waals surface area (Å²) in [5, 5.41) is 6.84. The summed E-state index contributed by atoms with van der Waals surface area (Å²) in [5.74, 6) is -0.316. The molecule has 2 aromatic rings. The van der Waals surface area contributed by atoms with Crippen molar-refractivity contribution in [2.75, 3.05) is 5.32 Å². The van der Waals surface area contributed by atoms with E-state index in [2.05, 4.69) is 10.5 Å². The Kier molecular flexibility index (Phi) is 4.65. The van der Waals surface area contributed by atoms with Gasteiger partial charge in [0.05, 0.1) is 11.7 Å². The van der Waals surface area contributed by atoms with Crippen LogP contribution in [0.2, 0.25) is 0 Å². The number of thiophene rings is 1. The Morgan fingerprint density at radius 2 is 2.00 bits per heavy atom. The van der Waals surface area contributed by atoms with E-state index in [9.17, 15) is 9.59 Å². The van der Waals surface area contributed by atoms with Gasteiger partial charge >= 0.3 is 5.97 Å². The highest BCUT2D eigenvalue weighted by Crippen LogP contribution is 2.33. The molecule has 0 aliphatic rings. The van der Waals surface area contributed by atoms with Crippen LogP contribution in [0.25, 0.3) is 0 Å². The lowest BCUT2D eigenvalue weighted by Gasteiger charge is -2.09. The fourth-order valence-corrected chi connectivity index (χ4v) is 2.92. The first-order chi connectivity index (χ1) is 10.3. The SMILES string of the molecule is Cc1cc(C(=O)Nc2sc(C)c(C)c2C(=O)OC(C)C)no1. The minimum atomic E-state index is -0.441. The van der Waals surface area contributed by atoms with Gasteiger partial charge in [0.2, 0.25) is 0 Å². The second kappa shape index (κ2) is 6.31. The van der Waals surface area contributed by atoms with Crippen molar-refractivity contribution in [3.63, 3.8) is 0 Å². The number of carbonyl (C=O) groups is 2. The number of aromatic nitrogens is 1. The maximum atomic E-state index is 12.2. The molecule has 0 bridgehead atoms. The smallest absolute Gasteiger partial charge is 0.341 e. The van der Waals surface area contributed by atoms with Crippen LogP contribution in [0.5, 0.6) is 0 Å². The van der Waals surface area contributed by atoms with Gasteiger partial charge in [-0.05, 0) is 40.2 Å². The maximum Gasteiger partial charge on any atom is 0.341 e. The van der Waals surface area contributed by atoms with E-state index in [1.165, 1.54) is 17.4 Å². The van der Waals surface area contributed by atoms with Gasteiger partial charge in [0.15, 0.2) is 5.69 Å². The summed E-state index contributed by atoms with van der Waals surface area (Å²) in [6.45, 7) is 8.99. The Morgan fingerprint density at radius 3 is 2.55 bits per heavy atom. The predicted octanol–water partition coefficient (Wildman–Crippen LogP) is 3.48. The van der Waals surface area contributed by atoms with E-state index in [-0.39, 0.29) is 11.8 Å². The molecule has 0 saturated heterocycles. The molecule has 2 heterocycles. The molecule has 0 fully saturated rings. The van der Waals surface area contributed by atoms with Crippen LogP contribution >= 0.6 is 11.3 Å². The first-order valence-corrected chi connectivity index (χ1v) is 7.67. The Balaban J connectivity index is 2.29. The maximum absolute atomic E-state index is 12.2. The van der Waals surface area contributed by atoms with E-state index in [0.29, 0.717) is 16.3 Å². The van der Waals surface area contributed by atoms with Gasteiger partial charge in [-0.25, -0.2) is 4.79 Å². The molecule has 2 rings (SSSR count). The number of amides is 1. The molecular formula is C15H18N2O4S. The Bertz CT molecular complexity index is 715. The standard InChI is InChI=1S/C15H18N2O4S/c1-7(2)20-15(19)12-9(4)10(5)22-14(12)16-13(18)11-6-8(3)21-17-11/h6-7H,1-5H3,(H,16,18). The number of aryl methyl sites for hydroxylation is 2. The minimum absolute atomic E-state index is 0.171. The van der Waals surface area contributed by atoms with Crippen molar-refractivity contribution in [3.05, 3.63) is 33.5 Å². The molecule has 22 heavy (non-hydrogen) atoms. The van der Waals surface area contributed by atoms with Gasteiger partial charge in [-0.1, -0.05) is 5.16 Å². The predicted molar refractivity (Wildman–Crippen MR) is 83.5 cm³/mol. The van der Waals surface area contributed by atoms with E-state index in [4.69, 9.17) is 9.26 Å². The summed E-state index contributed by atoms with van der Waals surface area (Å²) in [6.07, 6.45) is -0.228. The van der Waals surface area contributed by atoms with Crippen molar-refractivity contribution in [2.24, 2.45) is 0 Å². The third-order valence-electron chi connectivity index (χ3n) is 3.02. The molecule has 2 aromatic heterocycles. The second-order valence-corrected chi connectivity index (χ2v) is 6.44. The van der Waals surface area contributed by atoms with E-state index in [1.54, 1.807) is 20.8 Å². The number of carbonyl (C=O) groups excluding carboxylic acids is 2. The number of nitrogens with zero attached hydrogens (tertiary/aromatic N) is 1. The number of rotatable bonds is 4. The van der Waals surface area contributed by atoms with E-state index in [0.717, 1.165) is 10.4 Å². The zero-order chi connectivity index (χ0) is 16.4. The zero-order valence-corrected chi connectivity index (χ0v) is 14.0. The van der Waals surface area contributed by atoms with Crippen LogP contribution in [0.3, 0.4) is 0 Å². The number of esters is 1. The molecule has 0 radical (unpaired) electrons. The van der Waals surface area contributed by atoms with Crippen LogP contribution < -0.4 is 5.32 Å². The number of nitrogens with one attached hydrogen (secondary N) is 1. The lowest BCUT2D eigenvalue weighted by atomic mass is 10.1. The van der Waals surface area contributed by atoms with Crippen molar-refractivity contribution in [3.8, 4) is 0 Å². The zero-order valence-electron chi connectivity index (χ0n) is 13.1. The molecule has 0 aromatic carbocycles. The molecule has 0 unspecified atom stereocenters. The van der Waals surface area contributed by atoms with Crippen molar-refractivity contribution in [1.29, 1.82) is 0 Å². The lowest BCUT2D eigenvalue weighted by molar-refractivity contribution is 0.0379. The lowest BCUT2D eigenvalue weighted by Crippen LogP contribution is -2.17. The first kappa shape index (κ1) is 16.2. The third kappa shape index (κ3) is 3.36. The van der Waals surface area contributed by atoms with Gasteiger partial charge in [0.1, 0.15) is 10.8 Å². The molecular weight excluding hydrogens is 304 g/mol. The number of hydrogen-bond donors (Lipinski definition) is 1. The second-order valence-electron chi connectivity index (χ2n) is 5.22. The van der Waals surface area contributed by atoms with Crippen LogP contribution in [0, 0.1) is 20.8 Å². The molecule has 7 heteroatoms. The first-order valence-electron chi connectivity index (χ1n) is 6.85. The monoisotopic (exact) mass is 322 g/mol. The number of hydrogen-bond acceptors (Lipinski definition) is 6. The van der Waals surface area contributed by atoms with Crippen LogP contribution in [0.1, 0.15) is 50.9 Å². The van der Waals surface area contributed by atoms with Crippen LogP contribution in [0.4, 0.5) is 5.00 Å². The van der Waals surface area contributed by atoms with Gasteiger partial charge in [-0.3, -0.25) is 4.79 Å². The van der Waals surface area contributed by atoms with Crippen molar-refractivity contribution < 1.29 is 18.8 Å². The fraction of sp³-hybridized carbons (Fsp3) is 0.400. The average molecular weight is 322 g/mol. The number of ether oxygens (including phenoxy) is 1. The summed E-state index contributed by atoms with van der Waals surface area (Å²) in [5.41, 5.74) is 1.37. The quantitative estimate of drug-likeness (QED) is 0.872. The fourth-order valence-electron chi connectivity index (χ4n) is 1.87. The number of anilines is 1. The largest absolute Gasteiger partial charge is 0.459 e. The highest BCUT2D eigenvalue weighted by Gasteiger charge is 2.24. The van der Waals surface area contributed by atoms with E-state index >= 15 is 0 Å². The van der Waals surface area contributed by atoms with Gasteiger partial charge in [0, 0.05) is 10.9 Å². The minimum Gasteiger partial charge on any atom is -0.459 e. The summed E-state index contributed by atoms with van der Waals surface area (Å²) in [4.78, 5) is 25.3. The molecule has 0 aliphatic heterocycles. The molecule has 0 aliphatic carbocycles. The average Bonchev–Trinajstić information content (AvgIpc) is 2.94. The molecule has 118 valence electrons. The van der Waals surface area contributed by atoms with E-state index < -0.39 is 11.9 Å². The van der Waals surface area contributed by atoms with Crippen molar-refractivity contribution in [1.82, 2.24) is 5.16 Å². The van der Waals surface area contributed by atoms with Crippen LogP contribution in [-0.4, -0.2) is 23.1 Å². The molecule has 0 saturated carbocycles. The van der Waals surface area contributed by atoms with Gasteiger partial charge in [-0.15, -0.1) is 11.3 Å². The summed E-state index contributed by atoms with van der Waals surface area (Å²) < 4.78 is 10.1. The summed E-state index contributed by atoms with van der Waals surface area (Å²) >= 11 is 1.34. The topological polar surface area (TPSA) is 81.4 Å². The van der Waals surface area contributed by atoms with Gasteiger partial charge in [-0.2, -0.15) is 0 Å². The highest BCUT2D eigenvalue weighted by molar-refractivity contribution is 7.16. The van der Waals surface area contributed by atoms with E-state index in [1.807, 2.05) is 13.8 Å². The van der Waals surface area contributed by atoms with Gasteiger partial charge < -0.3 is 14.6 Å². The Hall–Kier alpha value is -2.15. The van der Waals surface area contributed by atoms with Crippen molar-refractivity contribution >= 4 is 28.2 Å².